The van der Waals surface area contributed by atoms with E-state index >= 15 is 0 Å². The first-order valence-corrected chi connectivity index (χ1v) is 16.8. The van der Waals surface area contributed by atoms with Gasteiger partial charge < -0.3 is 19.9 Å². The number of hydrogen-bond acceptors (Lipinski definition) is 7. The number of aromatic nitrogens is 2. The average molecular weight is 662 g/mol. The van der Waals surface area contributed by atoms with Gasteiger partial charge >= 0.3 is 11.7 Å². The number of amides is 3. The average Bonchev–Trinajstić information content (AvgIpc) is 3.17. The number of carbonyl (C=O) groups excluding carboxylic acids is 2. The summed E-state index contributed by atoms with van der Waals surface area (Å²) in [7, 11) is -1.96. The SMILES string of the molecule is COc1ccc2c(c1)CCN(C1CCN(C(=O)Cn3cc(-c4cccc(F)c4Cl)c(=O)n(CCS(C)(=O)=O)c3=O)CC1)C(=O)N2. The van der Waals surface area contributed by atoms with Crippen molar-refractivity contribution in [1.29, 1.82) is 0 Å². The Morgan fingerprint density at radius 2 is 1.82 bits per heavy atom. The third kappa shape index (κ3) is 7.06. The van der Waals surface area contributed by atoms with Gasteiger partial charge in [-0.05, 0) is 49.1 Å². The summed E-state index contributed by atoms with van der Waals surface area (Å²) < 4.78 is 45.0. The molecule has 1 fully saturated rings. The summed E-state index contributed by atoms with van der Waals surface area (Å²) in [4.78, 5) is 56.4. The largest absolute Gasteiger partial charge is 0.497 e. The van der Waals surface area contributed by atoms with Gasteiger partial charge in [0.1, 0.15) is 27.9 Å². The maximum Gasteiger partial charge on any atom is 0.331 e. The van der Waals surface area contributed by atoms with Gasteiger partial charge in [-0.2, -0.15) is 0 Å². The van der Waals surface area contributed by atoms with Gasteiger partial charge in [-0.15, -0.1) is 0 Å². The van der Waals surface area contributed by atoms with Crippen molar-refractivity contribution >= 4 is 39.1 Å². The summed E-state index contributed by atoms with van der Waals surface area (Å²) in [6, 6.07) is 9.06. The Labute approximate surface area is 263 Å². The second-order valence-corrected chi connectivity index (χ2v) is 13.8. The van der Waals surface area contributed by atoms with Crippen molar-refractivity contribution in [1.82, 2.24) is 18.9 Å². The number of anilines is 1. The van der Waals surface area contributed by atoms with E-state index < -0.39 is 51.7 Å². The smallest absolute Gasteiger partial charge is 0.331 e. The van der Waals surface area contributed by atoms with Gasteiger partial charge in [0.2, 0.25) is 5.91 Å². The zero-order chi connectivity index (χ0) is 32.5. The summed E-state index contributed by atoms with van der Waals surface area (Å²) in [6.07, 6.45) is 3.81. The van der Waals surface area contributed by atoms with E-state index in [0.29, 0.717) is 44.6 Å². The molecular formula is C30H33ClFN5O7S. The molecule has 0 unspecified atom stereocenters. The van der Waals surface area contributed by atoms with E-state index in [1.54, 1.807) is 23.0 Å². The first kappa shape index (κ1) is 32.2. The number of sulfone groups is 1. The van der Waals surface area contributed by atoms with Crippen LogP contribution in [0.2, 0.25) is 5.02 Å². The number of fused-ring (bicyclic) bond motifs is 1. The molecule has 5 rings (SSSR count). The molecule has 0 radical (unpaired) electrons. The highest BCUT2D eigenvalue weighted by atomic mass is 35.5. The fraction of sp³-hybridized carbons (Fsp3) is 0.400. The molecule has 0 aliphatic carbocycles. The van der Waals surface area contributed by atoms with E-state index in [9.17, 15) is 32.0 Å². The third-order valence-corrected chi connectivity index (χ3v) is 9.47. The maximum atomic E-state index is 14.3. The van der Waals surface area contributed by atoms with Crippen LogP contribution in [-0.2, 0) is 34.1 Å². The molecule has 0 atom stereocenters. The molecule has 0 bridgehead atoms. The van der Waals surface area contributed by atoms with Gasteiger partial charge in [0.25, 0.3) is 5.56 Å². The van der Waals surface area contributed by atoms with Crippen LogP contribution in [0.15, 0.2) is 52.2 Å². The van der Waals surface area contributed by atoms with Crippen molar-refractivity contribution in [2.24, 2.45) is 0 Å². The van der Waals surface area contributed by atoms with Crippen LogP contribution >= 0.6 is 11.6 Å². The Balaban J connectivity index is 1.33. The fourth-order valence-electron chi connectivity index (χ4n) is 5.69. The number of hydrogen-bond donors (Lipinski definition) is 1. The van der Waals surface area contributed by atoms with E-state index in [-0.39, 0.29) is 28.2 Å². The number of urea groups is 1. The zero-order valence-corrected chi connectivity index (χ0v) is 26.4. The van der Waals surface area contributed by atoms with E-state index in [4.69, 9.17) is 16.3 Å². The molecule has 2 aromatic carbocycles. The number of carbonyl (C=O) groups is 2. The summed E-state index contributed by atoms with van der Waals surface area (Å²) in [5.74, 6) is -0.971. The summed E-state index contributed by atoms with van der Waals surface area (Å²) in [6.45, 7) is 0.272. The standard InChI is InChI=1S/C30H33ClFN5O7S/c1-44-21-6-7-25-19(16-21)8-13-36(29(40)33-25)20-9-11-34(12-10-20)26(38)18-35-17-23(22-4-3-5-24(32)27(22)31)28(39)37(30(35)41)14-15-45(2,42)43/h3-7,16-17,20H,8-15,18H2,1-2H3,(H,33,40). The van der Waals surface area contributed by atoms with Crippen LogP contribution in [0.5, 0.6) is 5.75 Å². The maximum absolute atomic E-state index is 14.3. The number of piperidine rings is 1. The van der Waals surface area contributed by atoms with Crippen molar-refractivity contribution in [3.05, 3.63) is 79.8 Å². The van der Waals surface area contributed by atoms with Crippen molar-refractivity contribution in [2.45, 2.75) is 38.4 Å². The summed E-state index contributed by atoms with van der Waals surface area (Å²) >= 11 is 6.14. The monoisotopic (exact) mass is 661 g/mol. The number of likely N-dealkylation sites (tertiary alicyclic amines) is 1. The minimum Gasteiger partial charge on any atom is -0.497 e. The predicted molar refractivity (Wildman–Crippen MR) is 167 cm³/mol. The predicted octanol–water partition coefficient (Wildman–Crippen LogP) is 2.60. The lowest BCUT2D eigenvalue weighted by atomic mass is 10.0. The van der Waals surface area contributed by atoms with E-state index in [2.05, 4.69) is 5.32 Å². The molecule has 12 nitrogen and oxygen atoms in total. The van der Waals surface area contributed by atoms with E-state index in [0.717, 1.165) is 38.9 Å². The Hall–Kier alpha value is -4.17. The molecule has 1 N–H and O–H groups in total. The van der Waals surface area contributed by atoms with Crippen molar-refractivity contribution < 1.29 is 27.1 Å². The highest BCUT2D eigenvalue weighted by molar-refractivity contribution is 7.90. The van der Waals surface area contributed by atoms with Crippen LogP contribution in [0.1, 0.15) is 18.4 Å². The molecule has 1 aromatic heterocycles. The molecule has 2 aliphatic rings. The first-order valence-electron chi connectivity index (χ1n) is 14.3. The number of nitrogens with zero attached hydrogens (tertiary/aromatic N) is 4. The lowest BCUT2D eigenvalue weighted by Crippen LogP contribution is -2.51. The zero-order valence-electron chi connectivity index (χ0n) is 24.8. The number of halogens is 2. The van der Waals surface area contributed by atoms with Crippen LogP contribution in [0.25, 0.3) is 11.1 Å². The van der Waals surface area contributed by atoms with Crippen molar-refractivity contribution in [3.63, 3.8) is 0 Å². The number of methoxy groups -OCH3 is 1. The molecule has 15 heteroatoms. The van der Waals surface area contributed by atoms with Gasteiger partial charge in [0, 0.05) is 55.9 Å². The lowest BCUT2D eigenvalue weighted by molar-refractivity contribution is -0.133. The lowest BCUT2D eigenvalue weighted by Gasteiger charge is -2.38. The number of benzene rings is 2. The van der Waals surface area contributed by atoms with Gasteiger partial charge in [-0.25, -0.2) is 22.4 Å². The molecule has 45 heavy (non-hydrogen) atoms. The van der Waals surface area contributed by atoms with Gasteiger partial charge in [0.15, 0.2) is 0 Å². The molecule has 2 aliphatic heterocycles. The molecule has 0 spiro atoms. The molecule has 3 heterocycles. The molecular weight excluding hydrogens is 629 g/mol. The summed E-state index contributed by atoms with van der Waals surface area (Å²) in [5, 5.41) is 2.62. The fourth-order valence-corrected chi connectivity index (χ4v) is 6.44. The van der Waals surface area contributed by atoms with E-state index in [1.165, 1.54) is 12.1 Å². The van der Waals surface area contributed by atoms with Gasteiger partial charge in [-0.1, -0.05) is 23.7 Å². The summed E-state index contributed by atoms with van der Waals surface area (Å²) in [5.41, 5.74) is -0.159. The van der Waals surface area contributed by atoms with Gasteiger partial charge in [-0.3, -0.25) is 18.7 Å². The minimum atomic E-state index is -3.55. The number of ether oxygens (including phenoxy) is 1. The molecule has 1 saturated heterocycles. The van der Waals surface area contributed by atoms with Crippen LogP contribution in [0.4, 0.5) is 14.9 Å². The highest BCUT2D eigenvalue weighted by Crippen LogP contribution is 2.29. The second kappa shape index (κ2) is 13.1. The van der Waals surface area contributed by atoms with Crippen LogP contribution in [-0.4, -0.2) is 84.1 Å². The van der Waals surface area contributed by atoms with Gasteiger partial charge in [0.05, 0.1) is 23.4 Å². The van der Waals surface area contributed by atoms with E-state index in [1.807, 2.05) is 12.1 Å². The Kier molecular flexibility index (Phi) is 9.35. The molecule has 240 valence electrons. The Morgan fingerprint density at radius 1 is 1.09 bits per heavy atom. The molecule has 0 saturated carbocycles. The topological polar surface area (TPSA) is 140 Å². The number of rotatable bonds is 8. The Morgan fingerprint density at radius 3 is 2.51 bits per heavy atom. The Bertz CT molecular complexity index is 1870. The van der Waals surface area contributed by atoms with Crippen molar-refractivity contribution in [2.75, 3.05) is 44.1 Å². The highest BCUT2D eigenvalue weighted by Gasteiger charge is 2.32. The normalized spacial score (nSPS) is 15.8. The molecule has 3 amide bonds. The third-order valence-electron chi connectivity index (χ3n) is 8.17. The van der Waals surface area contributed by atoms with Crippen LogP contribution in [0.3, 0.4) is 0 Å². The minimum absolute atomic E-state index is 0.00751. The molecule has 3 aromatic rings. The van der Waals surface area contributed by atoms with Crippen molar-refractivity contribution in [3.8, 4) is 16.9 Å². The second-order valence-electron chi connectivity index (χ2n) is 11.1. The first-order chi connectivity index (χ1) is 21.4. The number of nitrogens with one attached hydrogen (secondary N) is 1. The van der Waals surface area contributed by atoms with Crippen LogP contribution in [0, 0.1) is 5.82 Å². The quantitative estimate of drug-likeness (QED) is 0.391. The van der Waals surface area contributed by atoms with Crippen LogP contribution < -0.4 is 21.3 Å².